The van der Waals surface area contributed by atoms with Crippen LogP contribution in [0.1, 0.15) is 49.8 Å². The number of aromatic nitrogens is 5. The van der Waals surface area contributed by atoms with Gasteiger partial charge in [0.25, 0.3) is 0 Å². The van der Waals surface area contributed by atoms with Gasteiger partial charge in [-0.25, -0.2) is 19.3 Å². The number of nitrogens with zero attached hydrogens (tertiary/aromatic N) is 6. The fourth-order valence-corrected chi connectivity index (χ4v) is 4.77. The van der Waals surface area contributed by atoms with E-state index in [2.05, 4.69) is 20.5 Å². The molecule has 8 nitrogen and oxygen atoms in total. The van der Waals surface area contributed by atoms with Crippen molar-refractivity contribution in [1.82, 2.24) is 29.0 Å². The minimum atomic E-state index is -0.393. The number of aryl methyl sites for hydroxylation is 1. The molecule has 8 heteroatoms. The molecule has 4 aromatic rings. The number of carbonyl (C=O) groups excluding carboxylic acids is 1. The molecule has 34 heavy (non-hydrogen) atoms. The Bertz CT molecular complexity index is 1260. The molecule has 176 valence electrons. The van der Waals surface area contributed by atoms with Crippen LogP contribution in [0.4, 0.5) is 4.79 Å². The molecule has 0 radical (unpaired) electrons. The molecule has 1 aromatic carbocycles. The van der Waals surface area contributed by atoms with Crippen molar-refractivity contribution in [1.29, 1.82) is 0 Å². The topological polar surface area (TPSA) is 78.1 Å². The van der Waals surface area contributed by atoms with E-state index in [1.165, 1.54) is 5.56 Å². The van der Waals surface area contributed by atoms with Crippen molar-refractivity contribution in [3.8, 4) is 0 Å². The zero-order chi connectivity index (χ0) is 23.5. The lowest BCUT2D eigenvalue weighted by Crippen LogP contribution is -2.35. The van der Waals surface area contributed by atoms with Crippen molar-refractivity contribution < 1.29 is 9.53 Å². The lowest BCUT2D eigenvalue weighted by atomic mass is 9.90. The average molecular weight is 459 g/mol. The maximum atomic E-state index is 13.1. The number of benzene rings is 1. The standard InChI is InChI=1S/C26H30N6O2/c1-19(2)34-26(33)32-22-10-4-3-9-21(22)29-24(32)17-31(16-15-30-14-13-27-18-30)23-11-5-7-20-8-6-12-28-25(20)23/h3-4,6,8-10,12-14,18-19,23H,5,7,11,15-17H2,1-2H3. The van der Waals surface area contributed by atoms with Gasteiger partial charge in [0.15, 0.2) is 0 Å². The van der Waals surface area contributed by atoms with Gasteiger partial charge in [0.2, 0.25) is 0 Å². The van der Waals surface area contributed by atoms with Gasteiger partial charge in [0.1, 0.15) is 5.82 Å². The van der Waals surface area contributed by atoms with E-state index in [-0.39, 0.29) is 12.1 Å². The second kappa shape index (κ2) is 9.77. The number of hydrogen-bond donors (Lipinski definition) is 0. The van der Waals surface area contributed by atoms with E-state index in [9.17, 15) is 4.79 Å². The summed E-state index contributed by atoms with van der Waals surface area (Å²) in [7, 11) is 0. The number of ether oxygens (including phenoxy) is 1. The number of para-hydroxylation sites is 2. The van der Waals surface area contributed by atoms with Gasteiger partial charge in [-0.1, -0.05) is 18.2 Å². The van der Waals surface area contributed by atoms with E-state index in [0.717, 1.165) is 49.1 Å². The minimum Gasteiger partial charge on any atom is -0.446 e. The molecule has 3 aromatic heterocycles. The fourth-order valence-electron chi connectivity index (χ4n) is 4.77. The Morgan fingerprint density at radius 3 is 2.91 bits per heavy atom. The molecule has 0 aliphatic heterocycles. The van der Waals surface area contributed by atoms with Crippen LogP contribution >= 0.6 is 0 Å². The van der Waals surface area contributed by atoms with E-state index in [4.69, 9.17) is 14.7 Å². The number of pyridine rings is 1. The van der Waals surface area contributed by atoms with Crippen molar-refractivity contribution in [2.24, 2.45) is 0 Å². The first kappa shape index (κ1) is 22.3. The van der Waals surface area contributed by atoms with Crippen molar-refractivity contribution >= 4 is 17.1 Å². The second-order valence-corrected chi connectivity index (χ2v) is 9.01. The van der Waals surface area contributed by atoms with E-state index >= 15 is 0 Å². The molecule has 0 fully saturated rings. The smallest absolute Gasteiger partial charge is 0.420 e. The normalized spacial score (nSPS) is 15.7. The predicted octanol–water partition coefficient (Wildman–Crippen LogP) is 4.60. The van der Waals surface area contributed by atoms with E-state index in [0.29, 0.717) is 12.4 Å². The summed E-state index contributed by atoms with van der Waals surface area (Å²) >= 11 is 0. The second-order valence-electron chi connectivity index (χ2n) is 9.01. The summed E-state index contributed by atoms with van der Waals surface area (Å²) in [5.74, 6) is 0.681. The van der Waals surface area contributed by atoms with Crippen LogP contribution in [0.25, 0.3) is 11.0 Å². The molecule has 1 aliphatic carbocycles. The minimum absolute atomic E-state index is 0.155. The molecule has 0 saturated carbocycles. The van der Waals surface area contributed by atoms with E-state index < -0.39 is 6.09 Å². The summed E-state index contributed by atoms with van der Waals surface area (Å²) in [5, 5.41) is 0. The zero-order valence-corrected chi connectivity index (χ0v) is 19.7. The van der Waals surface area contributed by atoms with Crippen molar-refractivity contribution in [2.45, 2.75) is 58.3 Å². The highest BCUT2D eigenvalue weighted by atomic mass is 16.6. The number of imidazole rings is 2. The Hall–Kier alpha value is -3.52. The van der Waals surface area contributed by atoms with Gasteiger partial charge < -0.3 is 9.30 Å². The quantitative estimate of drug-likeness (QED) is 0.403. The highest BCUT2D eigenvalue weighted by Gasteiger charge is 2.29. The van der Waals surface area contributed by atoms with Gasteiger partial charge in [-0.3, -0.25) is 9.88 Å². The van der Waals surface area contributed by atoms with Crippen molar-refractivity contribution in [3.63, 3.8) is 0 Å². The molecule has 5 rings (SSSR count). The highest BCUT2D eigenvalue weighted by molar-refractivity contribution is 5.87. The Morgan fingerprint density at radius 2 is 2.09 bits per heavy atom. The first-order valence-corrected chi connectivity index (χ1v) is 11.9. The predicted molar refractivity (Wildman–Crippen MR) is 129 cm³/mol. The molecule has 0 N–H and O–H groups in total. The van der Waals surface area contributed by atoms with Gasteiger partial charge in [0.05, 0.1) is 41.7 Å². The molecular weight excluding hydrogens is 428 g/mol. The molecule has 0 spiro atoms. The SMILES string of the molecule is CC(C)OC(=O)n1c(CN(CCn2ccnc2)C2CCCc3cccnc32)nc2ccccc21. The first-order valence-electron chi connectivity index (χ1n) is 11.9. The van der Waals surface area contributed by atoms with E-state index in [1.807, 2.05) is 62.9 Å². The summed E-state index contributed by atoms with van der Waals surface area (Å²) in [5.41, 5.74) is 3.99. The van der Waals surface area contributed by atoms with Gasteiger partial charge in [-0.05, 0) is 56.9 Å². The maximum Gasteiger partial charge on any atom is 0.420 e. The van der Waals surface area contributed by atoms with Gasteiger partial charge in [0, 0.05) is 31.7 Å². The summed E-state index contributed by atoms with van der Waals surface area (Å²) in [6.07, 6.45) is 10.0. The third-order valence-corrected chi connectivity index (χ3v) is 6.30. The third-order valence-electron chi connectivity index (χ3n) is 6.30. The number of carbonyl (C=O) groups is 1. The molecule has 0 bridgehead atoms. The first-order chi connectivity index (χ1) is 16.6. The monoisotopic (exact) mass is 458 g/mol. The van der Waals surface area contributed by atoms with Gasteiger partial charge >= 0.3 is 6.09 Å². The Morgan fingerprint density at radius 1 is 1.21 bits per heavy atom. The molecular formula is C26H30N6O2. The lowest BCUT2D eigenvalue weighted by molar-refractivity contribution is 0.114. The van der Waals surface area contributed by atoms with Crippen molar-refractivity contribution in [2.75, 3.05) is 6.54 Å². The Labute approximate surface area is 199 Å². The lowest BCUT2D eigenvalue weighted by Gasteiger charge is -2.35. The Balaban J connectivity index is 1.52. The highest BCUT2D eigenvalue weighted by Crippen LogP contribution is 2.34. The number of fused-ring (bicyclic) bond motifs is 2. The fraction of sp³-hybridized carbons (Fsp3) is 0.385. The third kappa shape index (κ3) is 4.59. The molecule has 1 unspecified atom stereocenters. The van der Waals surface area contributed by atoms with Crippen LogP contribution in [-0.2, 0) is 24.2 Å². The maximum absolute atomic E-state index is 13.1. The van der Waals surface area contributed by atoms with Crippen LogP contribution in [0, 0.1) is 0 Å². The zero-order valence-electron chi connectivity index (χ0n) is 19.7. The van der Waals surface area contributed by atoms with Crippen LogP contribution in [0.5, 0.6) is 0 Å². The number of hydrogen-bond acceptors (Lipinski definition) is 6. The van der Waals surface area contributed by atoms with Gasteiger partial charge in [-0.15, -0.1) is 0 Å². The van der Waals surface area contributed by atoms with Crippen molar-refractivity contribution in [3.05, 3.63) is 78.4 Å². The number of rotatable bonds is 7. The molecule has 1 aliphatic rings. The van der Waals surface area contributed by atoms with Crippen LogP contribution in [0.3, 0.4) is 0 Å². The average Bonchev–Trinajstić information content (AvgIpc) is 3.48. The molecule has 1 atom stereocenters. The van der Waals surface area contributed by atoms with Crippen LogP contribution in [-0.4, -0.2) is 47.7 Å². The summed E-state index contributed by atoms with van der Waals surface area (Å²) in [6, 6.07) is 12.1. The molecule has 3 heterocycles. The van der Waals surface area contributed by atoms with Gasteiger partial charge in [-0.2, -0.15) is 0 Å². The van der Waals surface area contributed by atoms with E-state index in [1.54, 1.807) is 10.8 Å². The Kier molecular flexibility index (Phi) is 6.40. The summed E-state index contributed by atoms with van der Waals surface area (Å²) in [4.78, 5) is 29.3. The largest absolute Gasteiger partial charge is 0.446 e. The van der Waals surface area contributed by atoms with Crippen LogP contribution < -0.4 is 0 Å². The molecule has 0 amide bonds. The van der Waals surface area contributed by atoms with Crippen LogP contribution in [0.2, 0.25) is 0 Å². The summed E-state index contributed by atoms with van der Waals surface area (Å²) < 4.78 is 9.29. The summed E-state index contributed by atoms with van der Waals surface area (Å²) in [6.45, 7) is 5.80. The van der Waals surface area contributed by atoms with Crippen LogP contribution in [0.15, 0.2) is 61.3 Å². The molecule has 0 saturated heterocycles.